The first-order valence-electron chi connectivity index (χ1n) is 3.44. The monoisotopic (exact) mass is 157 g/mol. The molecule has 0 unspecified atom stereocenters. The van der Waals surface area contributed by atoms with Crippen LogP contribution in [0.4, 0.5) is 0 Å². The molecular weight excluding hydrogens is 142 g/mol. The fourth-order valence-corrected chi connectivity index (χ4v) is 1.22. The Bertz CT molecular complexity index is 136. The van der Waals surface area contributed by atoms with E-state index in [-0.39, 0.29) is 0 Å². The number of aliphatic imine (C=N–C) groups is 1. The Morgan fingerprint density at radius 2 is 2.10 bits per heavy atom. The normalized spacial score (nSPS) is 13.5. The SMILES string of the molecule is CC=N/C=C(\SC)C(C)C. The second-order valence-electron chi connectivity index (χ2n) is 2.30. The van der Waals surface area contributed by atoms with Crippen LogP contribution in [0.1, 0.15) is 20.8 Å². The lowest BCUT2D eigenvalue weighted by atomic mass is 10.2. The number of rotatable bonds is 3. The van der Waals surface area contributed by atoms with E-state index in [0.29, 0.717) is 5.92 Å². The summed E-state index contributed by atoms with van der Waals surface area (Å²) < 4.78 is 0. The van der Waals surface area contributed by atoms with Crippen molar-refractivity contribution in [2.45, 2.75) is 20.8 Å². The summed E-state index contributed by atoms with van der Waals surface area (Å²) in [6.07, 6.45) is 5.81. The number of nitrogens with zero attached hydrogens (tertiary/aromatic N) is 1. The van der Waals surface area contributed by atoms with Gasteiger partial charge in [0.15, 0.2) is 0 Å². The minimum absolute atomic E-state index is 0.596. The average Bonchev–Trinajstić information content (AvgIpc) is 1.89. The van der Waals surface area contributed by atoms with Crippen molar-refractivity contribution in [1.29, 1.82) is 0 Å². The molecule has 0 aliphatic carbocycles. The average molecular weight is 157 g/mol. The molecule has 1 nitrogen and oxygen atoms in total. The van der Waals surface area contributed by atoms with Gasteiger partial charge in [-0.05, 0) is 19.1 Å². The molecule has 0 aromatic rings. The molecule has 10 heavy (non-hydrogen) atoms. The molecule has 0 aliphatic heterocycles. The maximum Gasteiger partial charge on any atom is 0.0361 e. The molecule has 58 valence electrons. The van der Waals surface area contributed by atoms with E-state index in [2.05, 4.69) is 25.1 Å². The van der Waals surface area contributed by atoms with Gasteiger partial charge in [0, 0.05) is 17.3 Å². The summed E-state index contributed by atoms with van der Waals surface area (Å²) in [4.78, 5) is 5.39. The Kier molecular flexibility index (Phi) is 5.40. The summed E-state index contributed by atoms with van der Waals surface area (Å²) in [5.74, 6) is 0.596. The van der Waals surface area contributed by atoms with Crippen LogP contribution < -0.4 is 0 Å². The number of thioether (sulfide) groups is 1. The Morgan fingerprint density at radius 3 is 2.40 bits per heavy atom. The number of allylic oxidation sites excluding steroid dienone is 1. The fraction of sp³-hybridized carbons (Fsp3) is 0.625. The maximum atomic E-state index is 4.06. The van der Waals surface area contributed by atoms with Gasteiger partial charge in [-0.15, -0.1) is 11.8 Å². The molecule has 0 amide bonds. The zero-order valence-electron chi connectivity index (χ0n) is 7.09. The molecule has 2 heteroatoms. The van der Waals surface area contributed by atoms with E-state index in [9.17, 15) is 0 Å². The van der Waals surface area contributed by atoms with Crippen LogP contribution >= 0.6 is 11.8 Å². The topological polar surface area (TPSA) is 12.4 Å². The molecule has 0 aliphatic rings. The van der Waals surface area contributed by atoms with Crippen molar-refractivity contribution >= 4 is 18.0 Å². The van der Waals surface area contributed by atoms with Gasteiger partial charge in [-0.1, -0.05) is 13.8 Å². The summed E-state index contributed by atoms with van der Waals surface area (Å²) in [7, 11) is 0. The van der Waals surface area contributed by atoms with Crippen LogP contribution in [0.5, 0.6) is 0 Å². The summed E-state index contributed by atoms with van der Waals surface area (Å²) in [6.45, 7) is 6.27. The minimum Gasteiger partial charge on any atom is -0.269 e. The molecular formula is C8H15NS. The maximum absolute atomic E-state index is 4.06. The van der Waals surface area contributed by atoms with Gasteiger partial charge in [-0.3, -0.25) is 4.99 Å². The van der Waals surface area contributed by atoms with E-state index in [1.807, 2.05) is 13.1 Å². The lowest BCUT2D eigenvalue weighted by Crippen LogP contribution is -1.87. The summed E-state index contributed by atoms with van der Waals surface area (Å²) in [5, 5.41) is 0. The third kappa shape index (κ3) is 3.72. The summed E-state index contributed by atoms with van der Waals surface area (Å²) >= 11 is 1.77. The van der Waals surface area contributed by atoms with Crippen LogP contribution in [0.2, 0.25) is 0 Å². The van der Waals surface area contributed by atoms with Crippen molar-refractivity contribution in [3.8, 4) is 0 Å². The molecule has 0 rings (SSSR count). The number of hydrogen-bond donors (Lipinski definition) is 0. The van der Waals surface area contributed by atoms with E-state index in [1.165, 1.54) is 4.91 Å². The molecule has 0 saturated carbocycles. The highest BCUT2D eigenvalue weighted by Crippen LogP contribution is 2.20. The molecule has 0 fully saturated rings. The van der Waals surface area contributed by atoms with Crippen molar-refractivity contribution in [3.05, 3.63) is 11.1 Å². The highest BCUT2D eigenvalue weighted by atomic mass is 32.2. The third-order valence-electron chi connectivity index (χ3n) is 1.16. The Morgan fingerprint density at radius 1 is 1.50 bits per heavy atom. The summed E-state index contributed by atoms with van der Waals surface area (Å²) in [5.41, 5.74) is 0. The third-order valence-corrected chi connectivity index (χ3v) is 2.20. The minimum atomic E-state index is 0.596. The van der Waals surface area contributed by atoms with Gasteiger partial charge in [0.2, 0.25) is 0 Å². The van der Waals surface area contributed by atoms with Gasteiger partial charge < -0.3 is 0 Å². The predicted octanol–water partition coefficient (Wildman–Crippen LogP) is 2.94. The second kappa shape index (κ2) is 5.54. The van der Waals surface area contributed by atoms with Crippen LogP contribution in [-0.4, -0.2) is 12.5 Å². The zero-order valence-corrected chi connectivity index (χ0v) is 7.90. The van der Waals surface area contributed by atoms with Crippen LogP contribution in [0.3, 0.4) is 0 Å². The van der Waals surface area contributed by atoms with Crippen LogP contribution in [0.25, 0.3) is 0 Å². The predicted molar refractivity (Wildman–Crippen MR) is 50.6 cm³/mol. The second-order valence-corrected chi connectivity index (χ2v) is 3.18. The fourth-order valence-electron chi connectivity index (χ4n) is 0.585. The van der Waals surface area contributed by atoms with Crippen LogP contribution in [-0.2, 0) is 0 Å². The van der Waals surface area contributed by atoms with E-state index in [4.69, 9.17) is 0 Å². The molecule has 0 saturated heterocycles. The zero-order chi connectivity index (χ0) is 7.98. The molecule has 0 radical (unpaired) electrons. The van der Waals surface area contributed by atoms with Crippen LogP contribution in [0, 0.1) is 5.92 Å². The first-order chi connectivity index (χ1) is 4.72. The standard InChI is InChI=1S/C8H15NS/c1-5-9-6-8(10-4)7(2)3/h5-7H,1-4H3/b8-6-,9-5?. The van der Waals surface area contributed by atoms with Gasteiger partial charge in [-0.2, -0.15) is 0 Å². The van der Waals surface area contributed by atoms with Gasteiger partial charge in [0.25, 0.3) is 0 Å². The lowest BCUT2D eigenvalue weighted by molar-refractivity contribution is 0.814. The Labute approximate surface area is 67.6 Å². The van der Waals surface area contributed by atoms with E-state index >= 15 is 0 Å². The van der Waals surface area contributed by atoms with E-state index < -0.39 is 0 Å². The van der Waals surface area contributed by atoms with Crippen molar-refractivity contribution in [3.63, 3.8) is 0 Å². The van der Waals surface area contributed by atoms with E-state index in [1.54, 1.807) is 18.0 Å². The number of hydrogen-bond acceptors (Lipinski definition) is 2. The van der Waals surface area contributed by atoms with Crippen molar-refractivity contribution < 1.29 is 0 Å². The largest absolute Gasteiger partial charge is 0.269 e. The molecule has 0 bridgehead atoms. The first-order valence-corrected chi connectivity index (χ1v) is 4.66. The molecule has 0 aromatic carbocycles. The quantitative estimate of drug-likeness (QED) is 0.574. The smallest absolute Gasteiger partial charge is 0.0361 e. The molecule has 0 atom stereocenters. The highest BCUT2D eigenvalue weighted by molar-refractivity contribution is 8.02. The van der Waals surface area contributed by atoms with Gasteiger partial charge in [0.1, 0.15) is 0 Å². The molecule has 0 heterocycles. The Hall–Kier alpha value is -0.240. The molecule has 0 spiro atoms. The highest BCUT2D eigenvalue weighted by Gasteiger charge is 1.98. The van der Waals surface area contributed by atoms with Gasteiger partial charge in [0.05, 0.1) is 0 Å². The Balaban J connectivity index is 4.04. The van der Waals surface area contributed by atoms with Gasteiger partial charge >= 0.3 is 0 Å². The van der Waals surface area contributed by atoms with Crippen molar-refractivity contribution in [2.75, 3.05) is 6.26 Å². The molecule has 0 N–H and O–H groups in total. The van der Waals surface area contributed by atoms with Gasteiger partial charge in [-0.25, -0.2) is 0 Å². The van der Waals surface area contributed by atoms with E-state index in [0.717, 1.165) is 0 Å². The van der Waals surface area contributed by atoms with Crippen LogP contribution in [0.15, 0.2) is 16.1 Å². The molecule has 0 aromatic heterocycles. The summed E-state index contributed by atoms with van der Waals surface area (Å²) in [6, 6.07) is 0. The lowest BCUT2D eigenvalue weighted by Gasteiger charge is -2.04. The van der Waals surface area contributed by atoms with Crippen molar-refractivity contribution in [1.82, 2.24) is 0 Å². The van der Waals surface area contributed by atoms with Crippen molar-refractivity contribution in [2.24, 2.45) is 10.9 Å². The first kappa shape index (κ1) is 9.76.